The molecular formula is C17H24O3. The minimum absolute atomic E-state index is 0.290. The summed E-state index contributed by atoms with van der Waals surface area (Å²) < 4.78 is 10.7. The standard InChI is InChI=1S/C17H24O3/c1-5-19-13-15(16(18)20-17(2,3)4)12-11-14-9-7-6-8-10-14/h6-10,12H,5,11,13H2,1-4H3. The van der Waals surface area contributed by atoms with Crippen molar-refractivity contribution in [3.8, 4) is 0 Å². The molecule has 3 nitrogen and oxygen atoms in total. The third-order valence-corrected chi connectivity index (χ3v) is 2.55. The van der Waals surface area contributed by atoms with Crippen molar-refractivity contribution in [1.82, 2.24) is 0 Å². The summed E-state index contributed by atoms with van der Waals surface area (Å²) in [6, 6.07) is 10.0. The fourth-order valence-electron chi connectivity index (χ4n) is 1.61. The summed E-state index contributed by atoms with van der Waals surface area (Å²) in [5.41, 5.74) is 1.24. The number of rotatable bonds is 6. The molecule has 0 aromatic heterocycles. The smallest absolute Gasteiger partial charge is 0.336 e. The molecule has 0 aliphatic rings. The van der Waals surface area contributed by atoms with E-state index in [0.29, 0.717) is 18.6 Å². The molecule has 20 heavy (non-hydrogen) atoms. The molecule has 0 saturated carbocycles. The van der Waals surface area contributed by atoms with Crippen molar-refractivity contribution in [2.45, 2.75) is 39.7 Å². The fraction of sp³-hybridized carbons (Fsp3) is 0.471. The summed E-state index contributed by atoms with van der Waals surface area (Å²) in [6.45, 7) is 8.36. The van der Waals surface area contributed by atoms with Gasteiger partial charge in [-0.25, -0.2) is 4.79 Å². The SMILES string of the molecule is CCOCC(=CCc1ccccc1)C(=O)OC(C)(C)C. The van der Waals surface area contributed by atoms with Gasteiger partial charge in [0.1, 0.15) is 5.60 Å². The van der Waals surface area contributed by atoms with Crippen molar-refractivity contribution in [2.75, 3.05) is 13.2 Å². The summed E-state index contributed by atoms with van der Waals surface area (Å²) in [5.74, 6) is -0.304. The molecule has 110 valence electrons. The van der Waals surface area contributed by atoms with Crippen LogP contribution in [0.1, 0.15) is 33.3 Å². The first kappa shape index (κ1) is 16.4. The van der Waals surface area contributed by atoms with E-state index in [0.717, 1.165) is 5.56 Å². The van der Waals surface area contributed by atoms with Crippen LogP contribution < -0.4 is 0 Å². The second-order valence-corrected chi connectivity index (χ2v) is 5.56. The highest BCUT2D eigenvalue weighted by Crippen LogP contribution is 2.12. The number of ether oxygens (including phenoxy) is 2. The lowest BCUT2D eigenvalue weighted by Crippen LogP contribution is -2.26. The fourth-order valence-corrected chi connectivity index (χ4v) is 1.61. The molecule has 0 atom stereocenters. The molecule has 0 aliphatic heterocycles. The highest BCUT2D eigenvalue weighted by Gasteiger charge is 2.19. The van der Waals surface area contributed by atoms with Gasteiger partial charge in [0, 0.05) is 6.61 Å². The lowest BCUT2D eigenvalue weighted by Gasteiger charge is -2.20. The molecule has 0 N–H and O–H groups in total. The summed E-state index contributed by atoms with van der Waals surface area (Å²) in [4.78, 5) is 12.1. The Bertz CT molecular complexity index is 441. The van der Waals surface area contributed by atoms with Crippen molar-refractivity contribution in [1.29, 1.82) is 0 Å². The van der Waals surface area contributed by atoms with Crippen LogP contribution in [0, 0.1) is 0 Å². The topological polar surface area (TPSA) is 35.5 Å². The molecule has 0 aliphatic carbocycles. The van der Waals surface area contributed by atoms with Crippen LogP contribution >= 0.6 is 0 Å². The van der Waals surface area contributed by atoms with Gasteiger partial charge in [-0.05, 0) is 39.7 Å². The molecule has 1 aromatic carbocycles. The van der Waals surface area contributed by atoms with Crippen molar-refractivity contribution in [3.05, 3.63) is 47.5 Å². The maximum atomic E-state index is 12.1. The van der Waals surface area contributed by atoms with Gasteiger partial charge in [0.25, 0.3) is 0 Å². The normalized spacial score (nSPS) is 12.3. The van der Waals surface area contributed by atoms with E-state index in [2.05, 4.69) is 0 Å². The molecule has 0 saturated heterocycles. The monoisotopic (exact) mass is 276 g/mol. The predicted octanol–water partition coefficient (Wildman–Crippen LogP) is 3.53. The van der Waals surface area contributed by atoms with Crippen molar-refractivity contribution in [2.24, 2.45) is 0 Å². The van der Waals surface area contributed by atoms with E-state index in [1.165, 1.54) is 0 Å². The van der Waals surface area contributed by atoms with E-state index in [1.807, 2.05) is 64.1 Å². The Labute approximate surface area is 121 Å². The van der Waals surface area contributed by atoms with Gasteiger partial charge in [-0.1, -0.05) is 36.4 Å². The van der Waals surface area contributed by atoms with Crippen molar-refractivity contribution >= 4 is 5.97 Å². The molecule has 0 radical (unpaired) electrons. The minimum Gasteiger partial charge on any atom is -0.457 e. The van der Waals surface area contributed by atoms with E-state index >= 15 is 0 Å². The van der Waals surface area contributed by atoms with Gasteiger partial charge in [-0.2, -0.15) is 0 Å². The lowest BCUT2D eigenvalue weighted by molar-refractivity contribution is -0.150. The number of hydrogen-bond acceptors (Lipinski definition) is 3. The summed E-state index contributed by atoms with van der Waals surface area (Å²) in [6.07, 6.45) is 2.58. The van der Waals surface area contributed by atoms with E-state index in [4.69, 9.17) is 9.47 Å². The van der Waals surface area contributed by atoms with Gasteiger partial charge in [0.05, 0.1) is 12.2 Å². The van der Waals surface area contributed by atoms with Crippen LogP contribution in [-0.2, 0) is 20.7 Å². The molecule has 3 heteroatoms. The highest BCUT2D eigenvalue weighted by atomic mass is 16.6. The molecular weight excluding hydrogens is 252 g/mol. The first-order chi connectivity index (χ1) is 9.42. The minimum atomic E-state index is -0.491. The number of allylic oxidation sites excluding steroid dienone is 1. The predicted molar refractivity (Wildman–Crippen MR) is 80.6 cm³/mol. The Kier molecular flexibility index (Phi) is 6.46. The zero-order valence-corrected chi connectivity index (χ0v) is 12.8. The third-order valence-electron chi connectivity index (χ3n) is 2.55. The van der Waals surface area contributed by atoms with Crippen molar-refractivity contribution < 1.29 is 14.3 Å². The van der Waals surface area contributed by atoms with Gasteiger partial charge in [-0.3, -0.25) is 0 Å². The maximum absolute atomic E-state index is 12.1. The van der Waals surface area contributed by atoms with Crippen LogP contribution in [0.4, 0.5) is 0 Å². The second kappa shape index (κ2) is 7.85. The van der Waals surface area contributed by atoms with Crippen LogP contribution in [0.5, 0.6) is 0 Å². The molecule has 0 unspecified atom stereocenters. The number of carbonyl (C=O) groups is 1. The van der Waals surface area contributed by atoms with Gasteiger partial charge < -0.3 is 9.47 Å². The van der Waals surface area contributed by atoms with Crippen molar-refractivity contribution in [3.63, 3.8) is 0 Å². The van der Waals surface area contributed by atoms with E-state index in [1.54, 1.807) is 0 Å². The molecule has 1 aromatic rings. The Morgan fingerprint density at radius 2 is 1.85 bits per heavy atom. The number of carbonyl (C=O) groups excluding carboxylic acids is 1. The number of benzene rings is 1. The van der Waals surface area contributed by atoms with E-state index < -0.39 is 5.60 Å². The van der Waals surface area contributed by atoms with Crippen LogP contribution in [0.15, 0.2) is 42.0 Å². The summed E-state index contributed by atoms with van der Waals surface area (Å²) in [5, 5.41) is 0. The second-order valence-electron chi connectivity index (χ2n) is 5.56. The average Bonchev–Trinajstić information content (AvgIpc) is 2.38. The number of hydrogen-bond donors (Lipinski definition) is 0. The van der Waals surface area contributed by atoms with Crippen LogP contribution in [0.2, 0.25) is 0 Å². The van der Waals surface area contributed by atoms with Gasteiger partial charge in [-0.15, -0.1) is 0 Å². The maximum Gasteiger partial charge on any atom is 0.336 e. The molecule has 0 bridgehead atoms. The molecule has 0 spiro atoms. The third kappa shape index (κ3) is 6.53. The largest absolute Gasteiger partial charge is 0.457 e. The average molecular weight is 276 g/mol. The van der Waals surface area contributed by atoms with Crippen LogP contribution in [-0.4, -0.2) is 24.8 Å². The Hall–Kier alpha value is -1.61. The molecule has 0 fully saturated rings. The highest BCUT2D eigenvalue weighted by molar-refractivity contribution is 5.89. The van der Waals surface area contributed by atoms with Gasteiger partial charge in [0.2, 0.25) is 0 Å². The molecule has 0 heterocycles. The Balaban J connectivity index is 2.75. The molecule has 0 amide bonds. The summed E-state index contributed by atoms with van der Waals surface area (Å²) in [7, 11) is 0. The van der Waals surface area contributed by atoms with E-state index in [-0.39, 0.29) is 12.6 Å². The van der Waals surface area contributed by atoms with Crippen LogP contribution in [0.25, 0.3) is 0 Å². The quantitative estimate of drug-likeness (QED) is 0.589. The van der Waals surface area contributed by atoms with Crippen LogP contribution in [0.3, 0.4) is 0 Å². The molecule has 1 rings (SSSR count). The number of esters is 1. The Morgan fingerprint density at radius 3 is 2.40 bits per heavy atom. The van der Waals surface area contributed by atoms with Gasteiger partial charge in [0.15, 0.2) is 0 Å². The summed E-state index contributed by atoms with van der Waals surface area (Å²) >= 11 is 0. The van der Waals surface area contributed by atoms with Gasteiger partial charge >= 0.3 is 5.97 Å². The first-order valence-electron chi connectivity index (χ1n) is 6.96. The Morgan fingerprint density at radius 1 is 1.20 bits per heavy atom. The zero-order valence-electron chi connectivity index (χ0n) is 12.8. The lowest BCUT2D eigenvalue weighted by atomic mass is 10.1. The van der Waals surface area contributed by atoms with E-state index in [9.17, 15) is 4.79 Å². The zero-order chi connectivity index (χ0) is 15.0. The first-order valence-corrected chi connectivity index (χ1v) is 6.96.